The first-order chi connectivity index (χ1) is 12.2. The fourth-order valence-corrected chi connectivity index (χ4v) is 2.92. The number of fused-ring (bicyclic) bond motifs is 2. The largest absolute Gasteiger partial charge is 4.00 e. The predicted octanol–water partition coefficient (Wildman–Crippen LogP) is -0.680. The topological polar surface area (TPSA) is 30.7 Å². The third-order valence-corrected chi connectivity index (χ3v) is 4.51. The molecular formula is C22H19Cl2HfN3. The molecule has 3 nitrogen and oxygen atoms in total. The summed E-state index contributed by atoms with van der Waals surface area (Å²) in [4.78, 5) is 0. The Morgan fingerprint density at radius 2 is 1.64 bits per heavy atom. The third-order valence-electron chi connectivity index (χ3n) is 4.51. The number of rotatable bonds is 1. The van der Waals surface area contributed by atoms with Crippen molar-refractivity contribution in [2.45, 2.75) is 13.8 Å². The second-order valence-electron chi connectivity index (χ2n) is 6.22. The van der Waals surface area contributed by atoms with Gasteiger partial charge >= 0.3 is 25.8 Å². The summed E-state index contributed by atoms with van der Waals surface area (Å²) in [5, 5.41) is 10.9. The molecule has 6 heteroatoms. The first kappa shape index (κ1) is 24.3. The molecule has 0 fully saturated rings. The van der Waals surface area contributed by atoms with E-state index in [1.807, 2.05) is 41.1 Å². The average molecular weight is 575 g/mol. The maximum absolute atomic E-state index is 4.23. The number of hydrogen-bond acceptors (Lipinski definition) is 2. The van der Waals surface area contributed by atoms with Crippen LogP contribution in [0.1, 0.15) is 11.1 Å². The zero-order valence-electron chi connectivity index (χ0n) is 15.6. The fraction of sp³-hybridized carbons (Fsp3) is 0.0909. The Bertz CT molecular complexity index is 1090. The van der Waals surface area contributed by atoms with Gasteiger partial charge in [0.05, 0.1) is 5.52 Å². The monoisotopic (exact) mass is 575 g/mol. The minimum atomic E-state index is 0. The summed E-state index contributed by atoms with van der Waals surface area (Å²) >= 11 is 0. The van der Waals surface area contributed by atoms with Gasteiger partial charge in [-0.15, -0.1) is 46.2 Å². The number of aromatic nitrogens is 3. The number of benzene rings is 2. The second kappa shape index (κ2) is 10.7. The summed E-state index contributed by atoms with van der Waals surface area (Å²) in [6.45, 7) is 4.24. The summed E-state index contributed by atoms with van der Waals surface area (Å²) in [6.07, 6.45) is 0. The van der Waals surface area contributed by atoms with Crippen LogP contribution in [0, 0.1) is 13.8 Å². The van der Waals surface area contributed by atoms with Crippen molar-refractivity contribution in [1.29, 1.82) is 0 Å². The molecule has 4 aromatic carbocycles. The molecule has 5 aromatic rings. The molecule has 5 rings (SSSR count). The van der Waals surface area contributed by atoms with Crippen molar-refractivity contribution in [3.63, 3.8) is 0 Å². The summed E-state index contributed by atoms with van der Waals surface area (Å²) in [6, 6.07) is 26.9. The molecule has 0 aliphatic rings. The number of hydrogen-bond donors (Lipinski definition) is 0. The fourth-order valence-electron chi connectivity index (χ4n) is 2.92. The van der Waals surface area contributed by atoms with E-state index in [1.165, 1.54) is 21.9 Å². The second-order valence-corrected chi connectivity index (χ2v) is 6.22. The van der Waals surface area contributed by atoms with E-state index in [-0.39, 0.29) is 50.7 Å². The van der Waals surface area contributed by atoms with Crippen LogP contribution >= 0.6 is 0 Å². The number of para-hydroxylation sites is 1. The van der Waals surface area contributed by atoms with Gasteiger partial charge in [-0.25, -0.2) is 16.8 Å². The molecule has 0 spiro atoms. The molecule has 0 amide bonds. The molecule has 0 aliphatic heterocycles. The predicted molar refractivity (Wildman–Crippen MR) is 103 cm³/mol. The molecule has 0 saturated carbocycles. The van der Waals surface area contributed by atoms with E-state index in [2.05, 4.69) is 66.6 Å². The quantitative estimate of drug-likeness (QED) is 0.196. The molecule has 0 bridgehead atoms. The molecule has 140 valence electrons. The molecule has 1 heterocycles. The Kier molecular flexibility index (Phi) is 9.28. The third kappa shape index (κ3) is 4.99. The van der Waals surface area contributed by atoms with Crippen LogP contribution in [0.4, 0.5) is 0 Å². The van der Waals surface area contributed by atoms with Gasteiger partial charge in [0.15, 0.2) is 0 Å². The molecule has 0 N–H and O–H groups in total. The van der Waals surface area contributed by atoms with E-state index in [1.54, 1.807) is 0 Å². The van der Waals surface area contributed by atoms with Crippen LogP contribution in [0.25, 0.3) is 27.5 Å². The van der Waals surface area contributed by atoms with Gasteiger partial charge in [0.25, 0.3) is 0 Å². The number of aryl methyl sites for hydroxylation is 2. The minimum Gasteiger partial charge on any atom is -1.00 e. The zero-order chi connectivity index (χ0) is 17.2. The van der Waals surface area contributed by atoms with Gasteiger partial charge < -0.3 is 24.8 Å². The standard InChI is InChI=1S/C15H10N3.C7H9.2ClH.Hf/c1-2-6-12-10-13(9-11(12)5-1)18-15-8-4-3-7-14(15)16-17-18;1-6-4-3-5-7(6)2;;;/h1-10H;3-5H,1-2H3;2*1H;/q2*-1;;;+4/p-2. The van der Waals surface area contributed by atoms with Gasteiger partial charge in [0.2, 0.25) is 0 Å². The van der Waals surface area contributed by atoms with Crippen molar-refractivity contribution in [2.24, 2.45) is 0 Å². The van der Waals surface area contributed by atoms with E-state index in [0.717, 1.165) is 16.7 Å². The van der Waals surface area contributed by atoms with Crippen LogP contribution in [0.15, 0.2) is 78.9 Å². The van der Waals surface area contributed by atoms with Crippen LogP contribution in [0.5, 0.6) is 0 Å². The molecule has 0 aliphatic carbocycles. The molecule has 1 aromatic heterocycles. The van der Waals surface area contributed by atoms with E-state index in [0.29, 0.717) is 0 Å². The van der Waals surface area contributed by atoms with E-state index in [4.69, 9.17) is 0 Å². The molecular weight excluding hydrogens is 556 g/mol. The van der Waals surface area contributed by atoms with Gasteiger partial charge in [0.1, 0.15) is 5.52 Å². The first-order valence-electron chi connectivity index (χ1n) is 8.37. The van der Waals surface area contributed by atoms with Gasteiger partial charge in [-0.1, -0.05) is 37.3 Å². The molecule has 0 atom stereocenters. The Balaban J connectivity index is 0.000000341. The van der Waals surface area contributed by atoms with Crippen molar-refractivity contribution >= 4 is 21.8 Å². The van der Waals surface area contributed by atoms with Crippen LogP contribution in [0.2, 0.25) is 0 Å². The Morgan fingerprint density at radius 3 is 2.29 bits per heavy atom. The van der Waals surface area contributed by atoms with Crippen molar-refractivity contribution in [2.75, 3.05) is 0 Å². The molecule has 0 unspecified atom stereocenters. The van der Waals surface area contributed by atoms with E-state index >= 15 is 0 Å². The van der Waals surface area contributed by atoms with Gasteiger partial charge in [-0.05, 0) is 17.8 Å². The first-order valence-corrected chi connectivity index (χ1v) is 8.37. The van der Waals surface area contributed by atoms with Crippen LogP contribution in [0.3, 0.4) is 0 Å². The Morgan fingerprint density at radius 1 is 0.929 bits per heavy atom. The van der Waals surface area contributed by atoms with Crippen molar-refractivity contribution in [3.8, 4) is 5.69 Å². The summed E-state index contributed by atoms with van der Waals surface area (Å²) in [7, 11) is 0. The van der Waals surface area contributed by atoms with Crippen LogP contribution < -0.4 is 24.8 Å². The van der Waals surface area contributed by atoms with E-state index in [9.17, 15) is 0 Å². The Labute approximate surface area is 196 Å². The minimum absolute atomic E-state index is 0. The molecule has 28 heavy (non-hydrogen) atoms. The average Bonchev–Trinajstić information content (AvgIpc) is 3.34. The number of halogens is 2. The van der Waals surface area contributed by atoms with Crippen molar-refractivity contribution in [3.05, 3.63) is 90.0 Å². The van der Waals surface area contributed by atoms with Gasteiger partial charge in [-0.2, -0.15) is 17.2 Å². The zero-order valence-corrected chi connectivity index (χ0v) is 20.7. The van der Waals surface area contributed by atoms with Crippen molar-refractivity contribution in [1.82, 2.24) is 15.0 Å². The van der Waals surface area contributed by atoms with Crippen LogP contribution in [-0.4, -0.2) is 15.0 Å². The SMILES string of the molecule is Cc1ccc[c-]1C.[Cl-].[Cl-].[Hf+4].c1ccc2[cH-]c(-n3nnc4ccccc43)cc2c1. The van der Waals surface area contributed by atoms with Gasteiger partial charge in [0, 0.05) is 0 Å². The summed E-state index contributed by atoms with van der Waals surface area (Å²) < 4.78 is 1.88. The van der Waals surface area contributed by atoms with Crippen LogP contribution in [-0.2, 0) is 25.8 Å². The van der Waals surface area contributed by atoms with Crippen molar-refractivity contribution < 1.29 is 50.7 Å². The normalized spacial score (nSPS) is 9.64. The maximum atomic E-state index is 4.23. The molecule has 0 radical (unpaired) electrons. The van der Waals surface area contributed by atoms with Gasteiger partial charge in [-0.3, -0.25) is 0 Å². The number of nitrogens with zero attached hydrogens (tertiary/aromatic N) is 3. The molecule has 0 saturated heterocycles. The Hall–Kier alpha value is -1.75. The smallest absolute Gasteiger partial charge is 1.00 e. The summed E-state index contributed by atoms with van der Waals surface area (Å²) in [5.74, 6) is 0. The summed E-state index contributed by atoms with van der Waals surface area (Å²) in [5.41, 5.74) is 5.79. The maximum Gasteiger partial charge on any atom is 4.00 e. The van der Waals surface area contributed by atoms with E-state index < -0.39 is 0 Å².